The zero-order valence-electron chi connectivity index (χ0n) is 22.8. The molecule has 0 fully saturated rings. The van der Waals surface area contributed by atoms with Gasteiger partial charge in [-0.2, -0.15) is 0 Å². The highest BCUT2D eigenvalue weighted by Crippen LogP contribution is 2.41. The van der Waals surface area contributed by atoms with Crippen molar-refractivity contribution in [3.05, 3.63) is 101 Å². The lowest BCUT2D eigenvalue weighted by molar-refractivity contribution is -0.286. The van der Waals surface area contributed by atoms with Gasteiger partial charge in [0.15, 0.2) is 17.8 Å². The molecule has 0 spiro atoms. The van der Waals surface area contributed by atoms with Gasteiger partial charge in [-0.15, -0.1) is 8.78 Å². The lowest BCUT2D eigenvalue weighted by Crippen LogP contribution is -2.25. The highest BCUT2D eigenvalue weighted by Gasteiger charge is 2.43. The van der Waals surface area contributed by atoms with E-state index in [1.54, 1.807) is 61.7 Å². The van der Waals surface area contributed by atoms with Crippen LogP contribution < -0.4 is 14.2 Å². The second-order valence-corrected chi connectivity index (χ2v) is 9.88. The van der Waals surface area contributed by atoms with Gasteiger partial charge in [0.05, 0.1) is 23.3 Å². The largest absolute Gasteiger partial charge is 0.586 e. The number of ether oxygens (including phenoxy) is 4. The SMILES string of the molecule is COCCn1c(Cc2ccc(-c3cccc(OCc4ccc5c(c4)OC(F)(F)O5)n3)cc2F)nc2ccc(C(O)O)cc21. The van der Waals surface area contributed by atoms with Gasteiger partial charge in [-0.3, -0.25) is 0 Å². The van der Waals surface area contributed by atoms with Crippen LogP contribution in [0.2, 0.25) is 0 Å². The van der Waals surface area contributed by atoms with E-state index in [4.69, 9.17) is 9.47 Å². The highest BCUT2D eigenvalue weighted by molar-refractivity contribution is 5.77. The standard InChI is InChI=1S/C31H26F3N3O6/c1-40-12-11-37-25-15-21(30(38)39)8-9-24(25)35-28(37)16-19-6-7-20(14-22(19)32)23-3-2-4-29(36-23)41-17-18-5-10-26-27(13-18)43-31(33,34)42-26/h2-10,13-15,30,38-39H,11-12,16-17H2,1H3. The summed E-state index contributed by atoms with van der Waals surface area (Å²) in [7, 11) is 1.58. The van der Waals surface area contributed by atoms with E-state index in [1.807, 2.05) is 4.57 Å². The van der Waals surface area contributed by atoms with Crippen LogP contribution in [0, 0.1) is 5.82 Å². The summed E-state index contributed by atoms with van der Waals surface area (Å²) in [5.74, 6) is 0.293. The number of alkyl halides is 2. The number of pyridine rings is 1. The second-order valence-electron chi connectivity index (χ2n) is 9.88. The third-order valence-corrected chi connectivity index (χ3v) is 6.94. The van der Waals surface area contributed by atoms with Crippen LogP contribution in [0.4, 0.5) is 13.2 Å². The molecule has 0 amide bonds. The van der Waals surface area contributed by atoms with Crippen molar-refractivity contribution in [3.8, 4) is 28.6 Å². The first-order valence-corrected chi connectivity index (χ1v) is 13.3. The van der Waals surface area contributed by atoms with Gasteiger partial charge in [-0.25, -0.2) is 14.4 Å². The number of aromatic nitrogens is 3. The van der Waals surface area contributed by atoms with Crippen LogP contribution in [-0.2, 0) is 24.3 Å². The highest BCUT2D eigenvalue weighted by atomic mass is 19.3. The van der Waals surface area contributed by atoms with E-state index < -0.39 is 18.4 Å². The molecule has 3 aromatic carbocycles. The summed E-state index contributed by atoms with van der Waals surface area (Å²) in [5.41, 5.74) is 3.67. The molecule has 9 nitrogen and oxygen atoms in total. The quantitative estimate of drug-likeness (QED) is 0.209. The predicted molar refractivity (Wildman–Crippen MR) is 148 cm³/mol. The Morgan fingerprint density at radius 2 is 1.79 bits per heavy atom. The van der Waals surface area contributed by atoms with E-state index in [0.29, 0.717) is 58.0 Å². The third-order valence-electron chi connectivity index (χ3n) is 6.94. The molecular weight excluding hydrogens is 567 g/mol. The van der Waals surface area contributed by atoms with E-state index >= 15 is 4.39 Å². The Kier molecular flexibility index (Phi) is 7.65. The smallest absolute Gasteiger partial charge is 0.473 e. The number of benzene rings is 3. The van der Waals surface area contributed by atoms with Crippen molar-refractivity contribution in [3.63, 3.8) is 0 Å². The van der Waals surface area contributed by atoms with Crippen LogP contribution in [0.5, 0.6) is 17.4 Å². The van der Waals surface area contributed by atoms with Crippen molar-refractivity contribution >= 4 is 11.0 Å². The monoisotopic (exact) mass is 593 g/mol. The van der Waals surface area contributed by atoms with E-state index in [0.717, 1.165) is 0 Å². The Bertz CT molecular complexity index is 1790. The van der Waals surface area contributed by atoms with E-state index in [9.17, 15) is 19.0 Å². The number of hydrogen-bond acceptors (Lipinski definition) is 8. The van der Waals surface area contributed by atoms with Crippen LogP contribution in [0.15, 0.2) is 72.8 Å². The number of nitrogens with zero attached hydrogens (tertiary/aromatic N) is 3. The first-order valence-electron chi connectivity index (χ1n) is 13.3. The summed E-state index contributed by atoms with van der Waals surface area (Å²) in [5, 5.41) is 19.2. The fraction of sp³-hybridized carbons (Fsp3) is 0.226. The van der Waals surface area contributed by atoms with Crippen LogP contribution in [0.3, 0.4) is 0 Å². The fourth-order valence-corrected chi connectivity index (χ4v) is 4.83. The Hall–Kier alpha value is -4.65. The summed E-state index contributed by atoms with van der Waals surface area (Å²) in [4.78, 5) is 9.13. The summed E-state index contributed by atoms with van der Waals surface area (Å²) < 4.78 is 63.8. The summed E-state index contributed by atoms with van der Waals surface area (Å²) >= 11 is 0. The molecule has 0 bridgehead atoms. The normalized spacial score (nSPS) is 13.7. The van der Waals surface area contributed by atoms with Gasteiger partial charge in [-0.1, -0.05) is 30.3 Å². The maximum Gasteiger partial charge on any atom is 0.586 e. The predicted octanol–water partition coefficient (Wildman–Crippen LogP) is 5.36. The van der Waals surface area contributed by atoms with Crippen molar-refractivity contribution in [2.45, 2.75) is 32.2 Å². The molecule has 3 heterocycles. The Morgan fingerprint density at radius 1 is 0.953 bits per heavy atom. The van der Waals surface area contributed by atoms with Gasteiger partial charge >= 0.3 is 6.29 Å². The second kappa shape index (κ2) is 11.6. The van der Waals surface area contributed by atoms with Crippen molar-refractivity contribution in [2.75, 3.05) is 13.7 Å². The topological polar surface area (TPSA) is 108 Å². The summed E-state index contributed by atoms with van der Waals surface area (Å²) in [6.07, 6.45) is -5.13. The van der Waals surface area contributed by atoms with Crippen molar-refractivity contribution < 1.29 is 42.3 Å². The lowest BCUT2D eigenvalue weighted by atomic mass is 10.1. The molecule has 0 unspecified atom stereocenters. The van der Waals surface area contributed by atoms with Crippen molar-refractivity contribution in [2.24, 2.45) is 0 Å². The minimum Gasteiger partial charge on any atom is -0.473 e. The molecule has 1 aliphatic heterocycles. The van der Waals surface area contributed by atoms with Gasteiger partial charge in [-0.05, 0) is 47.5 Å². The molecule has 0 atom stereocenters. The van der Waals surface area contributed by atoms with Crippen molar-refractivity contribution in [1.29, 1.82) is 0 Å². The van der Waals surface area contributed by atoms with Gasteiger partial charge in [0, 0.05) is 37.3 Å². The molecule has 2 N–H and O–H groups in total. The number of imidazole rings is 1. The number of methoxy groups -OCH3 is 1. The molecule has 12 heteroatoms. The number of rotatable bonds is 10. The number of halogens is 3. The first kappa shape index (κ1) is 28.5. The Balaban J connectivity index is 1.19. The molecule has 0 radical (unpaired) electrons. The van der Waals surface area contributed by atoms with Gasteiger partial charge in [0.1, 0.15) is 18.2 Å². The fourth-order valence-electron chi connectivity index (χ4n) is 4.83. The molecule has 1 aliphatic rings. The average molecular weight is 594 g/mol. The number of fused-ring (bicyclic) bond motifs is 2. The Morgan fingerprint density at radius 3 is 2.58 bits per heavy atom. The zero-order valence-corrected chi connectivity index (χ0v) is 22.8. The number of hydrogen-bond donors (Lipinski definition) is 2. The summed E-state index contributed by atoms with van der Waals surface area (Å²) in [6.45, 7) is 0.873. The summed E-state index contributed by atoms with van der Waals surface area (Å²) in [6, 6.07) is 19.2. The minimum absolute atomic E-state index is 0.0365. The molecular formula is C31H26F3N3O6. The Labute approximate surface area is 243 Å². The minimum atomic E-state index is -3.70. The molecule has 2 aromatic heterocycles. The number of aliphatic hydroxyl groups is 2. The molecule has 0 aliphatic carbocycles. The molecule has 6 rings (SSSR count). The maximum absolute atomic E-state index is 15.4. The first-order chi connectivity index (χ1) is 20.7. The molecule has 0 saturated heterocycles. The van der Waals surface area contributed by atoms with E-state index in [-0.39, 0.29) is 30.4 Å². The maximum atomic E-state index is 15.4. The van der Waals surface area contributed by atoms with Crippen LogP contribution >= 0.6 is 0 Å². The molecule has 5 aromatic rings. The lowest BCUT2D eigenvalue weighted by Gasteiger charge is -2.11. The van der Waals surface area contributed by atoms with E-state index in [1.165, 1.54) is 18.2 Å². The average Bonchev–Trinajstić information content (AvgIpc) is 3.49. The van der Waals surface area contributed by atoms with Crippen LogP contribution in [0.1, 0.15) is 28.8 Å². The van der Waals surface area contributed by atoms with Gasteiger partial charge < -0.3 is 33.7 Å². The van der Waals surface area contributed by atoms with Crippen molar-refractivity contribution in [1.82, 2.24) is 14.5 Å². The van der Waals surface area contributed by atoms with Crippen LogP contribution in [-0.4, -0.2) is 44.8 Å². The third kappa shape index (κ3) is 6.12. The van der Waals surface area contributed by atoms with Gasteiger partial charge in [0.25, 0.3) is 0 Å². The molecule has 43 heavy (non-hydrogen) atoms. The molecule has 0 saturated carbocycles. The zero-order chi connectivity index (χ0) is 30.1. The van der Waals surface area contributed by atoms with Gasteiger partial charge in [0.2, 0.25) is 5.88 Å². The molecule has 222 valence electrons. The van der Waals surface area contributed by atoms with E-state index in [2.05, 4.69) is 19.4 Å². The number of aliphatic hydroxyl groups excluding tert-OH is 1. The van der Waals surface area contributed by atoms with Crippen LogP contribution in [0.25, 0.3) is 22.3 Å².